The molecule has 0 saturated heterocycles. The molecule has 0 radical (unpaired) electrons. The number of hydrogen-bond donors (Lipinski definition) is 3. The molecule has 1 aliphatic rings. The van der Waals surface area contributed by atoms with Crippen LogP contribution in [0.1, 0.15) is 37.8 Å². The van der Waals surface area contributed by atoms with E-state index in [0.717, 1.165) is 48.1 Å². The maximum absolute atomic E-state index is 12.2. The number of benzene rings is 1. The first-order valence-corrected chi connectivity index (χ1v) is 10.6. The van der Waals surface area contributed by atoms with Crippen LogP contribution in [-0.2, 0) is 11.2 Å². The largest absolute Gasteiger partial charge is 0.362 e. The molecule has 0 spiro atoms. The van der Waals surface area contributed by atoms with Crippen LogP contribution in [0.4, 0.5) is 11.8 Å². The molecule has 4 rings (SSSR count). The zero-order chi connectivity index (χ0) is 20.9. The first-order valence-electron chi connectivity index (χ1n) is 10.6. The van der Waals surface area contributed by atoms with Crippen LogP contribution in [0.5, 0.6) is 0 Å². The van der Waals surface area contributed by atoms with Gasteiger partial charge in [0, 0.05) is 49.9 Å². The molecule has 8 nitrogen and oxygen atoms in total. The lowest BCUT2D eigenvalue weighted by atomic mass is 9.91. The summed E-state index contributed by atoms with van der Waals surface area (Å²) in [4.78, 5) is 30.7. The number of carbonyl (C=O) groups is 1. The summed E-state index contributed by atoms with van der Waals surface area (Å²) in [6.45, 7) is 0. The van der Waals surface area contributed by atoms with Crippen molar-refractivity contribution in [2.24, 2.45) is 0 Å². The standard InChI is InChI=1S/C22H29N7O/c1-29(2)21-18-5-3-4-6-19(18)27-22(28-21)26-16-9-7-15(8-10-16)25-20(30)12-11-17-13-23-14-24-17/h3-6,13-16H,7-12H2,1-2H3,(H,23,24)(H,25,30)(H,26,27,28). The third kappa shape index (κ3) is 4.87. The average molecular weight is 408 g/mol. The van der Waals surface area contributed by atoms with Gasteiger partial charge in [-0.2, -0.15) is 4.98 Å². The van der Waals surface area contributed by atoms with Gasteiger partial charge in [0.05, 0.1) is 11.8 Å². The summed E-state index contributed by atoms with van der Waals surface area (Å²) in [5.74, 6) is 1.69. The Morgan fingerprint density at radius 3 is 2.63 bits per heavy atom. The van der Waals surface area contributed by atoms with Crippen molar-refractivity contribution in [1.29, 1.82) is 0 Å². The second kappa shape index (κ2) is 9.11. The van der Waals surface area contributed by atoms with E-state index in [1.54, 1.807) is 12.5 Å². The molecule has 0 bridgehead atoms. The molecule has 2 aromatic heterocycles. The summed E-state index contributed by atoms with van der Waals surface area (Å²) >= 11 is 0. The van der Waals surface area contributed by atoms with Gasteiger partial charge in [-0.15, -0.1) is 0 Å². The molecule has 3 aromatic rings. The summed E-state index contributed by atoms with van der Waals surface area (Å²) in [5, 5.41) is 7.74. The molecule has 0 aliphatic heterocycles. The molecular formula is C22H29N7O. The predicted octanol–water partition coefficient (Wildman–Crippen LogP) is 2.89. The van der Waals surface area contributed by atoms with E-state index in [4.69, 9.17) is 9.97 Å². The van der Waals surface area contributed by atoms with Crippen LogP contribution < -0.4 is 15.5 Å². The number of para-hydroxylation sites is 1. The Morgan fingerprint density at radius 2 is 1.90 bits per heavy atom. The van der Waals surface area contributed by atoms with Crippen molar-refractivity contribution in [1.82, 2.24) is 25.3 Å². The van der Waals surface area contributed by atoms with Crippen molar-refractivity contribution < 1.29 is 4.79 Å². The van der Waals surface area contributed by atoms with Crippen molar-refractivity contribution in [3.05, 3.63) is 42.5 Å². The van der Waals surface area contributed by atoms with Gasteiger partial charge in [-0.25, -0.2) is 9.97 Å². The average Bonchev–Trinajstić information content (AvgIpc) is 3.27. The lowest BCUT2D eigenvalue weighted by Gasteiger charge is -2.30. The Bertz CT molecular complexity index is 978. The topological polar surface area (TPSA) is 98.8 Å². The monoisotopic (exact) mass is 407 g/mol. The Morgan fingerprint density at radius 1 is 1.13 bits per heavy atom. The van der Waals surface area contributed by atoms with E-state index in [1.165, 1.54) is 0 Å². The highest BCUT2D eigenvalue weighted by Gasteiger charge is 2.23. The summed E-state index contributed by atoms with van der Waals surface area (Å²) < 4.78 is 0. The highest BCUT2D eigenvalue weighted by Crippen LogP contribution is 2.26. The van der Waals surface area contributed by atoms with Crippen LogP contribution in [0.2, 0.25) is 0 Å². The van der Waals surface area contributed by atoms with Crippen molar-refractivity contribution >= 4 is 28.6 Å². The molecule has 1 aromatic carbocycles. The second-order valence-electron chi connectivity index (χ2n) is 8.12. The van der Waals surface area contributed by atoms with Gasteiger partial charge in [-0.1, -0.05) is 12.1 Å². The van der Waals surface area contributed by atoms with Gasteiger partial charge in [0.2, 0.25) is 11.9 Å². The third-order valence-corrected chi connectivity index (χ3v) is 5.61. The Hall–Kier alpha value is -3.16. The number of rotatable bonds is 7. The van der Waals surface area contributed by atoms with Crippen molar-refractivity contribution in [3.63, 3.8) is 0 Å². The van der Waals surface area contributed by atoms with Crippen LogP contribution in [0.25, 0.3) is 10.9 Å². The number of nitrogens with one attached hydrogen (secondary N) is 3. The number of fused-ring (bicyclic) bond motifs is 1. The molecule has 1 saturated carbocycles. The SMILES string of the molecule is CN(C)c1nc(NC2CCC(NC(=O)CCc3cnc[nH]3)CC2)nc2ccccc12. The minimum Gasteiger partial charge on any atom is -0.362 e. The predicted molar refractivity (Wildman–Crippen MR) is 119 cm³/mol. The minimum absolute atomic E-state index is 0.106. The van der Waals surface area contributed by atoms with Crippen LogP contribution >= 0.6 is 0 Å². The van der Waals surface area contributed by atoms with Crippen LogP contribution in [0.3, 0.4) is 0 Å². The normalized spacial score (nSPS) is 18.9. The molecule has 1 amide bonds. The van der Waals surface area contributed by atoms with E-state index in [1.807, 2.05) is 37.2 Å². The van der Waals surface area contributed by atoms with Crippen molar-refractivity contribution in [2.75, 3.05) is 24.3 Å². The highest BCUT2D eigenvalue weighted by atomic mass is 16.1. The van der Waals surface area contributed by atoms with Crippen molar-refractivity contribution in [3.8, 4) is 0 Å². The van der Waals surface area contributed by atoms with Gasteiger partial charge < -0.3 is 20.5 Å². The maximum Gasteiger partial charge on any atom is 0.225 e. The number of anilines is 2. The Kier molecular flexibility index (Phi) is 6.11. The first-order chi connectivity index (χ1) is 14.6. The minimum atomic E-state index is 0.106. The lowest BCUT2D eigenvalue weighted by Crippen LogP contribution is -2.40. The third-order valence-electron chi connectivity index (χ3n) is 5.61. The summed E-state index contributed by atoms with van der Waals surface area (Å²) in [7, 11) is 4.00. The van der Waals surface area contributed by atoms with Crippen LogP contribution in [0, 0.1) is 0 Å². The molecule has 0 atom stereocenters. The van der Waals surface area contributed by atoms with E-state index in [0.29, 0.717) is 24.8 Å². The number of aromatic nitrogens is 4. The molecule has 0 unspecified atom stereocenters. The molecule has 30 heavy (non-hydrogen) atoms. The number of aromatic amines is 1. The van der Waals surface area contributed by atoms with E-state index in [9.17, 15) is 4.79 Å². The van der Waals surface area contributed by atoms with Gasteiger partial charge in [0.15, 0.2) is 0 Å². The maximum atomic E-state index is 12.2. The van der Waals surface area contributed by atoms with Crippen LogP contribution in [0.15, 0.2) is 36.8 Å². The van der Waals surface area contributed by atoms with Gasteiger partial charge in [0.1, 0.15) is 5.82 Å². The summed E-state index contributed by atoms with van der Waals surface area (Å²) in [6, 6.07) is 8.64. The Labute approximate surface area is 176 Å². The highest BCUT2D eigenvalue weighted by molar-refractivity contribution is 5.90. The molecule has 158 valence electrons. The summed E-state index contributed by atoms with van der Waals surface area (Å²) in [6.07, 6.45) is 8.47. The van der Waals surface area contributed by atoms with Gasteiger partial charge >= 0.3 is 0 Å². The lowest BCUT2D eigenvalue weighted by molar-refractivity contribution is -0.122. The fourth-order valence-electron chi connectivity index (χ4n) is 4.00. The molecule has 2 heterocycles. The molecule has 1 aliphatic carbocycles. The van der Waals surface area contributed by atoms with Crippen molar-refractivity contribution in [2.45, 2.75) is 50.6 Å². The zero-order valence-electron chi connectivity index (χ0n) is 17.6. The molecule has 3 N–H and O–H groups in total. The zero-order valence-corrected chi connectivity index (χ0v) is 17.6. The smallest absolute Gasteiger partial charge is 0.225 e. The number of aryl methyl sites for hydroxylation is 1. The Balaban J connectivity index is 1.30. The number of nitrogens with zero attached hydrogens (tertiary/aromatic N) is 4. The van der Waals surface area contributed by atoms with Gasteiger partial charge in [-0.3, -0.25) is 4.79 Å². The number of carbonyl (C=O) groups excluding carboxylic acids is 1. The summed E-state index contributed by atoms with van der Waals surface area (Å²) in [5.41, 5.74) is 1.93. The van der Waals surface area contributed by atoms with Gasteiger partial charge in [0.25, 0.3) is 0 Å². The molecule has 1 fully saturated rings. The number of H-pyrrole nitrogens is 1. The quantitative estimate of drug-likeness (QED) is 0.557. The molecule has 8 heteroatoms. The second-order valence-corrected chi connectivity index (χ2v) is 8.12. The fraction of sp³-hybridized carbons (Fsp3) is 0.455. The number of amides is 1. The molecular weight excluding hydrogens is 378 g/mol. The van der Waals surface area contributed by atoms with E-state index in [-0.39, 0.29) is 11.9 Å². The number of imidazole rings is 1. The fourth-order valence-corrected chi connectivity index (χ4v) is 4.00. The van der Waals surface area contributed by atoms with Crippen LogP contribution in [-0.4, -0.2) is 52.0 Å². The van der Waals surface area contributed by atoms with E-state index >= 15 is 0 Å². The van der Waals surface area contributed by atoms with E-state index in [2.05, 4.69) is 26.7 Å². The number of hydrogen-bond acceptors (Lipinski definition) is 6. The van der Waals surface area contributed by atoms with E-state index < -0.39 is 0 Å². The van der Waals surface area contributed by atoms with Gasteiger partial charge in [-0.05, 0) is 44.2 Å². The first kappa shape index (κ1) is 20.1.